The van der Waals surface area contributed by atoms with E-state index >= 15 is 0 Å². The number of ether oxygens (including phenoxy) is 3. The molecule has 0 amide bonds. The summed E-state index contributed by atoms with van der Waals surface area (Å²) in [5.74, 6) is -2.18. The summed E-state index contributed by atoms with van der Waals surface area (Å²) in [5, 5.41) is 29.3. The van der Waals surface area contributed by atoms with Crippen LogP contribution >= 0.6 is 11.6 Å². The predicted octanol–water partition coefficient (Wildman–Crippen LogP) is -0.567. The number of benzene rings is 1. The van der Waals surface area contributed by atoms with Crippen LogP contribution in [-0.4, -0.2) is 70.5 Å². The number of hydrogen-bond donors (Lipinski definition) is 3. The van der Waals surface area contributed by atoms with Crippen LogP contribution in [0.5, 0.6) is 0 Å². The zero-order valence-corrected chi connectivity index (χ0v) is 13.2. The monoisotopic (exact) mass is 360 g/mol. The van der Waals surface area contributed by atoms with Crippen molar-refractivity contribution in [1.29, 1.82) is 0 Å². The van der Waals surface area contributed by atoms with Gasteiger partial charge in [0, 0.05) is 0 Å². The number of aliphatic hydroxyl groups excluding tert-OH is 3. The van der Waals surface area contributed by atoms with Crippen LogP contribution in [0.15, 0.2) is 30.3 Å². The van der Waals surface area contributed by atoms with Gasteiger partial charge >= 0.3 is 11.9 Å². The molecule has 0 bridgehead atoms. The Morgan fingerprint density at radius 3 is 2.38 bits per heavy atom. The Morgan fingerprint density at radius 2 is 1.79 bits per heavy atom. The molecule has 5 atom stereocenters. The highest BCUT2D eigenvalue weighted by molar-refractivity contribution is 6.26. The smallest absolute Gasteiger partial charge is 0.338 e. The Kier molecular flexibility index (Phi) is 6.52. The Morgan fingerprint density at radius 1 is 1.12 bits per heavy atom. The van der Waals surface area contributed by atoms with Gasteiger partial charge in [-0.2, -0.15) is 0 Å². The van der Waals surface area contributed by atoms with Crippen LogP contribution in [0, 0.1) is 0 Å². The summed E-state index contributed by atoms with van der Waals surface area (Å²) in [4.78, 5) is 23.6. The van der Waals surface area contributed by atoms with Gasteiger partial charge in [0.2, 0.25) is 0 Å². The first kappa shape index (κ1) is 18.6. The van der Waals surface area contributed by atoms with Gasteiger partial charge < -0.3 is 29.5 Å². The summed E-state index contributed by atoms with van der Waals surface area (Å²) in [7, 11) is 0. The number of aliphatic hydroxyl groups is 3. The zero-order valence-electron chi connectivity index (χ0n) is 12.4. The molecular weight excluding hydrogens is 344 g/mol. The molecule has 1 saturated heterocycles. The van der Waals surface area contributed by atoms with E-state index in [1.54, 1.807) is 18.2 Å². The first-order valence-electron chi connectivity index (χ1n) is 7.12. The highest BCUT2D eigenvalue weighted by Gasteiger charge is 2.49. The molecule has 2 rings (SSSR count). The lowest BCUT2D eigenvalue weighted by atomic mass is 9.98. The summed E-state index contributed by atoms with van der Waals surface area (Å²) >= 11 is 5.35. The van der Waals surface area contributed by atoms with Crippen molar-refractivity contribution in [3.05, 3.63) is 35.9 Å². The molecule has 132 valence electrons. The van der Waals surface area contributed by atoms with Crippen LogP contribution < -0.4 is 0 Å². The molecule has 1 aromatic rings. The average Bonchev–Trinajstić information content (AvgIpc) is 2.61. The van der Waals surface area contributed by atoms with Crippen molar-refractivity contribution in [3.63, 3.8) is 0 Å². The van der Waals surface area contributed by atoms with Crippen molar-refractivity contribution in [2.24, 2.45) is 0 Å². The number of carbonyl (C=O) groups is 2. The number of rotatable bonds is 5. The van der Waals surface area contributed by atoms with Crippen LogP contribution in [0.25, 0.3) is 0 Å². The van der Waals surface area contributed by atoms with Gasteiger partial charge in [0.05, 0.1) is 12.2 Å². The van der Waals surface area contributed by atoms with Crippen molar-refractivity contribution in [2.75, 3.05) is 12.5 Å². The Labute approximate surface area is 142 Å². The molecule has 0 saturated carbocycles. The van der Waals surface area contributed by atoms with Crippen LogP contribution in [0.4, 0.5) is 0 Å². The van der Waals surface area contributed by atoms with Gasteiger partial charge in [-0.3, -0.25) is 4.79 Å². The number of halogens is 1. The third kappa shape index (κ3) is 4.22. The summed E-state index contributed by atoms with van der Waals surface area (Å²) in [6, 6.07) is 7.93. The van der Waals surface area contributed by atoms with Gasteiger partial charge in [-0.25, -0.2) is 4.79 Å². The molecular formula is C15H17ClO8. The van der Waals surface area contributed by atoms with E-state index in [1.165, 1.54) is 12.1 Å². The molecule has 1 aliphatic heterocycles. The van der Waals surface area contributed by atoms with Crippen molar-refractivity contribution in [2.45, 2.75) is 30.7 Å². The molecule has 0 spiro atoms. The maximum Gasteiger partial charge on any atom is 0.338 e. The van der Waals surface area contributed by atoms with Crippen molar-refractivity contribution in [1.82, 2.24) is 0 Å². The average molecular weight is 361 g/mol. The van der Waals surface area contributed by atoms with Crippen LogP contribution in [0.3, 0.4) is 0 Å². The molecule has 1 fully saturated rings. The summed E-state index contributed by atoms with van der Waals surface area (Å²) in [5.41, 5.74) is 0.202. The second-order valence-corrected chi connectivity index (χ2v) is 5.33. The lowest BCUT2D eigenvalue weighted by Gasteiger charge is -2.41. The molecule has 0 unspecified atom stereocenters. The fraction of sp³-hybridized carbons (Fsp3) is 0.467. The van der Waals surface area contributed by atoms with Crippen molar-refractivity contribution < 1.29 is 39.1 Å². The standard InChI is InChI=1S/C15H17ClO8/c16-6-10(18)23-13-12(11(19)9(7-17)22-15(13)21)24-14(20)8-4-2-1-3-5-8/h1-5,9,11-13,15,17,19,21H,6-7H2/t9-,11-,12+,13+,15+/m1/s1. The van der Waals surface area contributed by atoms with E-state index in [-0.39, 0.29) is 5.56 Å². The molecule has 0 radical (unpaired) electrons. The number of hydrogen-bond acceptors (Lipinski definition) is 8. The number of carbonyl (C=O) groups excluding carboxylic acids is 2. The van der Waals surface area contributed by atoms with Gasteiger partial charge in [0.15, 0.2) is 18.5 Å². The summed E-state index contributed by atoms with van der Waals surface area (Å²) in [6.45, 7) is -0.631. The van der Waals surface area contributed by atoms with E-state index in [1.807, 2.05) is 0 Å². The van der Waals surface area contributed by atoms with E-state index in [9.17, 15) is 24.9 Å². The minimum absolute atomic E-state index is 0.202. The fourth-order valence-electron chi connectivity index (χ4n) is 2.27. The summed E-state index contributed by atoms with van der Waals surface area (Å²) < 4.78 is 15.1. The van der Waals surface area contributed by atoms with Gasteiger partial charge in [0.25, 0.3) is 0 Å². The third-order valence-electron chi connectivity index (χ3n) is 3.45. The topological polar surface area (TPSA) is 123 Å². The van der Waals surface area contributed by atoms with E-state index in [0.717, 1.165) is 0 Å². The van der Waals surface area contributed by atoms with Crippen LogP contribution in [-0.2, 0) is 19.0 Å². The van der Waals surface area contributed by atoms with Crippen molar-refractivity contribution in [3.8, 4) is 0 Å². The number of alkyl halides is 1. The Hall–Kier alpha value is -1.71. The minimum atomic E-state index is -1.70. The molecule has 8 nitrogen and oxygen atoms in total. The van der Waals surface area contributed by atoms with E-state index in [0.29, 0.717) is 0 Å². The molecule has 0 aromatic heterocycles. The SMILES string of the molecule is O=C(CCl)O[C@H]1[C@@H](OC(=O)c2ccccc2)[C@H](O)[C@@H](CO)O[C@@H]1O. The maximum atomic E-state index is 12.2. The fourth-order valence-corrected chi connectivity index (χ4v) is 2.33. The number of esters is 2. The summed E-state index contributed by atoms with van der Waals surface area (Å²) in [6.07, 6.45) is -7.35. The Balaban J connectivity index is 2.21. The zero-order chi connectivity index (χ0) is 17.7. The van der Waals surface area contributed by atoms with E-state index in [4.69, 9.17) is 25.8 Å². The van der Waals surface area contributed by atoms with Crippen LogP contribution in [0.2, 0.25) is 0 Å². The minimum Gasteiger partial charge on any atom is -0.452 e. The molecule has 3 N–H and O–H groups in total. The van der Waals surface area contributed by atoms with Crippen molar-refractivity contribution >= 4 is 23.5 Å². The largest absolute Gasteiger partial charge is 0.452 e. The molecule has 9 heteroatoms. The maximum absolute atomic E-state index is 12.2. The first-order valence-corrected chi connectivity index (χ1v) is 7.65. The van der Waals surface area contributed by atoms with Gasteiger partial charge in [0.1, 0.15) is 18.1 Å². The van der Waals surface area contributed by atoms with E-state index < -0.39 is 55.1 Å². The highest BCUT2D eigenvalue weighted by Crippen LogP contribution is 2.26. The predicted molar refractivity (Wildman–Crippen MR) is 80.2 cm³/mol. The lowest BCUT2D eigenvalue weighted by molar-refractivity contribution is -0.289. The van der Waals surface area contributed by atoms with Gasteiger partial charge in [-0.05, 0) is 12.1 Å². The van der Waals surface area contributed by atoms with Gasteiger partial charge in [-0.1, -0.05) is 18.2 Å². The van der Waals surface area contributed by atoms with Gasteiger partial charge in [-0.15, -0.1) is 11.6 Å². The molecule has 0 aliphatic carbocycles. The normalized spacial score (nSPS) is 29.8. The molecule has 24 heavy (non-hydrogen) atoms. The first-order chi connectivity index (χ1) is 11.5. The molecule has 1 aromatic carbocycles. The highest BCUT2D eigenvalue weighted by atomic mass is 35.5. The molecule has 1 heterocycles. The quantitative estimate of drug-likeness (QED) is 0.471. The molecule has 1 aliphatic rings. The second kappa shape index (κ2) is 8.41. The third-order valence-corrected chi connectivity index (χ3v) is 3.66. The van der Waals surface area contributed by atoms with Crippen LogP contribution in [0.1, 0.15) is 10.4 Å². The second-order valence-electron chi connectivity index (χ2n) is 5.06. The Bertz CT molecular complexity index is 566. The van der Waals surface area contributed by atoms with E-state index in [2.05, 4.69) is 0 Å². The lowest BCUT2D eigenvalue weighted by Crippen LogP contribution is -2.61.